The maximum Gasteiger partial charge on any atom is 0.410 e. The normalized spacial score (nSPS) is 14.1. The van der Waals surface area contributed by atoms with Crippen LogP contribution < -0.4 is 4.74 Å². The summed E-state index contributed by atoms with van der Waals surface area (Å²) in [4.78, 5) is 26.5. The zero-order valence-electron chi connectivity index (χ0n) is 20.5. The van der Waals surface area contributed by atoms with Crippen LogP contribution in [0.3, 0.4) is 0 Å². The molecule has 188 valence electrons. The minimum Gasteiger partial charge on any atom is -0.492 e. The van der Waals surface area contributed by atoms with Gasteiger partial charge in [-0.05, 0) is 84.8 Å². The number of carbonyl (C=O) groups excluding carboxylic acids is 2. The number of nitrogens with zero attached hydrogens (tertiary/aromatic N) is 1. The molecule has 1 heterocycles. The van der Waals surface area contributed by atoms with Crippen molar-refractivity contribution in [1.82, 2.24) is 4.90 Å². The fraction of sp³-hybridized carbons (Fsp3) is 0.407. The topological polar surface area (TPSA) is 65.1 Å². The number of hydrogen-bond acceptors (Lipinski definition) is 5. The molecule has 0 unspecified atom stereocenters. The van der Waals surface area contributed by atoms with Crippen LogP contribution in [0, 0.1) is 5.82 Å². The van der Waals surface area contributed by atoms with Gasteiger partial charge in [0.2, 0.25) is 0 Å². The second kappa shape index (κ2) is 11.7. The lowest BCUT2D eigenvalue weighted by Gasteiger charge is -2.32. The molecule has 0 atom stereocenters. The van der Waals surface area contributed by atoms with E-state index in [4.69, 9.17) is 14.2 Å². The van der Waals surface area contributed by atoms with Gasteiger partial charge in [0.15, 0.2) is 0 Å². The van der Waals surface area contributed by atoms with Crippen LogP contribution in [-0.4, -0.2) is 49.4 Å². The van der Waals surface area contributed by atoms with Crippen molar-refractivity contribution in [2.75, 3.05) is 26.8 Å². The van der Waals surface area contributed by atoms with E-state index in [1.807, 2.05) is 45.0 Å². The summed E-state index contributed by atoms with van der Waals surface area (Å²) in [5.74, 6) is -0.297. The molecule has 0 spiro atoms. The number of esters is 1. The fourth-order valence-electron chi connectivity index (χ4n) is 3.79. The van der Waals surface area contributed by atoms with Gasteiger partial charge in [0.25, 0.3) is 0 Å². The van der Waals surface area contributed by atoms with Gasteiger partial charge in [0.05, 0.1) is 30.3 Å². The Kier molecular flexibility index (Phi) is 8.94. The van der Waals surface area contributed by atoms with Gasteiger partial charge in [0.1, 0.15) is 17.2 Å². The third-order valence-electron chi connectivity index (χ3n) is 5.49. The van der Waals surface area contributed by atoms with Crippen LogP contribution in [0.25, 0.3) is 5.57 Å². The molecule has 0 fully saturated rings. The monoisotopic (exact) mass is 547 g/mol. The van der Waals surface area contributed by atoms with Crippen molar-refractivity contribution in [2.45, 2.75) is 45.6 Å². The predicted octanol–water partition coefficient (Wildman–Crippen LogP) is 6.17. The van der Waals surface area contributed by atoms with Crippen molar-refractivity contribution >= 4 is 33.6 Å². The maximum absolute atomic E-state index is 13.4. The summed E-state index contributed by atoms with van der Waals surface area (Å²) in [5.41, 5.74) is 2.79. The van der Waals surface area contributed by atoms with E-state index >= 15 is 0 Å². The molecule has 3 rings (SSSR count). The minimum absolute atomic E-state index is 0.144. The van der Waals surface area contributed by atoms with Gasteiger partial charge < -0.3 is 19.1 Å². The van der Waals surface area contributed by atoms with Crippen molar-refractivity contribution in [3.8, 4) is 5.75 Å². The average molecular weight is 548 g/mol. The lowest BCUT2D eigenvalue weighted by molar-refractivity contribution is -0.136. The third-order valence-corrected chi connectivity index (χ3v) is 6.15. The summed E-state index contributed by atoms with van der Waals surface area (Å²) in [6.07, 6.45) is 1.64. The Labute approximate surface area is 214 Å². The Bertz CT molecular complexity index is 1090. The van der Waals surface area contributed by atoms with Crippen LogP contribution in [0.4, 0.5) is 9.18 Å². The Morgan fingerprint density at radius 2 is 1.83 bits per heavy atom. The van der Waals surface area contributed by atoms with Crippen molar-refractivity contribution in [3.63, 3.8) is 0 Å². The molecule has 8 heteroatoms. The smallest absolute Gasteiger partial charge is 0.410 e. The lowest BCUT2D eigenvalue weighted by Crippen LogP contribution is -2.41. The van der Waals surface area contributed by atoms with E-state index in [2.05, 4.69) is 15.9 Å². The number of hydrogen-bond donors (Lipinski definition) is 0. The molecule has 0 saturated carbocycles. The summed E-state index contributed by atoms with van der Waals surface area (Å²) >= 11 is 3.36. The largest absolute Gasteiger partial charge is 0.492 e. The Morgan fingerprint density at radius 1 is 1.11 bits per heavy atom. The van der Waals surface area contributed by atoms with Crippen molar-refractivity contribution in [1.29, 1.82) is 0 Å². The maximum atomic E-state index is 13.4. The number of methoxy groups -OCH3 is 1. The van der Waals surface area contributed by atoms with Crippen molar-refractivity contribution in [3.05, 3.63) is 69.5 Å². The Morgan fingerprint density at radius 3 is 2.49 bits per heavy atom. The molecular weight excluding hydrogens is 517 g/mol. The zero-order valence-corrected chi connectivity index (χ0v) is 22.1. The van der Waals surface area contributed by atoms with E-state index in [-0.39, 0.29) is 12.4 Å². The molecule has 0 bridgehead atoms. The number of amides is 1. The summed E-state index contributed by atoms with van der Waals surface area (Å²) in [5, 5.41) is 0. The van der Waals surface area contributed by atoms with Crippen LogP contribution in [-0.2, 0) is 20.7 Å². The van der Waals surface area contributed by atoms with E-state index in [1.54, 1.807) is 6.07 Å². The highest BCUT2D eigenvalue weighted by atomic mass is 79.9. The number of ether oxygens (including phenoxy) is 3. The molecule has 1 aliphatic rings. The standard InChI is InChI=1S/C27H31BrFNO5/c1-27(2,3)35-26(32)30-14-13-21(22(17-30)25(31)33-4)19-9-7-18(8-10-19)6-5-15-34-24-16-20(29)11-12-23(24)28/h7-12,16H,5-6,13-15,17H2,1-4H3. The predicted molar refractivity (Wildman–Crippen MR) is 136 cm³/mol. The summed E-state index contributed by atoms with van der Waals surface area (Å²) in [6, 6.07) is 12.4. The molecule has 0 radical (unpaired) electrons. The first kappa shape index (κ1) is 26.7. The van der Waals surface area contributed by atoms with Crippen LogP contribution in [0.5, 0.6) is 5.75 Å². The van der Waals surface area contributed by atoms with E-state index in [9.17, 15) is 14.0 Å². The second-order valence-electron chi connectivity index (χ2n) is 9.32. The van der Waals surface area contributed by atoms with E-state index in [1.165, 1.54) is 24.1 Å². The molecule has 2 aromatic carbocycles. The van der Waals surface area contributed by atoms with Crippen molar-refractivity contribution in [2.24, 2.45) is 0 Å². The number of benzene rings is 2. The molecule has 35 heavy (non-hydrogen) atoms. The molecular formula is C27H31BrFNO5. The number of halogens is 2. The van der Waals surface area contributed by atoms with Crippen molar-refractivity contribution < 1.29 is 28.2 Å². The molecule has 1 amide bonds. The molecule has 0 N–H and O–H groups in total. The van der Waals surface area contributed by atoms with Gasteiger partial charge in [-0.15, -0.1) is 0 Å². The summed E-state index contributed by atoms with van der Waals surface area (Å²) in [7, 11) is 1.34. The lowest BCUT2D eigenvalue weighted by atomic mass is 9.92. The first-order valence-electron chi connectivity index (χ1n) is 11.5. The van der Waals surface area contributed by atoms with E-state index < -0.39 is 17.7 Å². The molecule has 1 aliphatic heterocycles. The molecule has 2 aromatic rings. The van der Waals surface area contributed by atoms with Crippen LogP contribution in [0.1, 0.15) is 44.7 Å². The molecule has 0 aliphatic carbocycles. The third kappa shape index (κ3) is 7.56. The minimum atomic E-state index is -0.610. The van der Waals surface area contributed by atoms with Crippen LogP contribution in [0.15, 0.2) is 52.5 Å². The SMILES string of the molecule is COC(=O)C1=C(c2ccc(CCCOc3cc(F)ccc3Br)cc2)CCN(C(=O)OC(C)(C)C)C1. The first-order valence-corrected chi connectivity index (χ1v) is 12.3. The van der Waals surface area contributed by atoms with Gasteiger partial charge in [-0.1, -0.05) is 24.3 Å². The Hall–Kier alpha value is -2.87. The van der Waals surface area contributed by atoms with Gasteiger partial charge in [0, 0.05) is 12.6 Å². The van der Waals surface area contributed by atoms with E-state index in [0.717, 1.165) is 34.0 Å². The van der Waals surface area contributed by atoms with Gasteiger partial charge in [-0.2, -0.15) is 0 Å². The molecule has 6 nitrogen and oxygen atoms in total. The van der Waals surface area contributed by atoms with Gasteiger partial charge in [-0.25, -0.2) is 14.0 Å². The highest BCUT2D eigenvalue weighted by Crippen LogP contribution is 2.30. The first-order chi connectivity index (χ1) is 16.6. The van der Waals surface area contributed by atoms with E-state index in [0.29, 0.717) is 30.9 Å². The summed E-state index contributed by atoms with van der Waals surface area (Å²) in [6.45, 7) is 6.50. The number of rotatable bonds is 7. The quantitative estimate of drug-likeness (QED) is 0.306. The number of carbonyl (C=O) groups is 2. The zero-order chi connectivity index (χ0) is 25.6. The van der Waals surface area contributed by atoms with Gasteiger partial charge in [-0.3, -0.25) is 0 Å². The molecule has 0 aromatic heterocycles. The molecule has 0 saturated heterocycles. The van der Waals surface area contributed by atoms with Crippen LogP contribution in [0.2, 0.25) is 0 Å². The highest BCUT2D eigenvalue weighted by molar-refractivity contribution is 9.10. The fourth-order valence-corrected chi connectivity index (χ4v) is 4.15. The highest BCUT2D eigenvalue weighted by Gasteiger charge is 2.30. The number of aryl methyl sites for hydroxylation is 1. The summed E-state index contributed by atoms with van der Waals surface area (Å²) < 4.78 is 30.2. The average Bonchev–Trinajstić information content (AvgIpc) is 2.82. The van der Waals surface area contributed by atoms with Crippen LogP contribution >= 0.6 is 15.9 Å². The second-order valence-corrected chi connectivity index (χ2v) is 10.2. The van der Waals surface area contributed by atoms with Gasteiger partial charge >= 0.3 is 12.1 Å². The Balaban J connectivity index is 1.64.